The molecular formula is C13H29NO3Si. The summed E-state index contributed by atoms with van der Waals surface area (Å²) in [4.78, 5) is 2.48. The summed E-state index contributed by atoms with van der Waals surface area (Å²) < 4.78 is 17.3. The predicted octanol–water partition coefficient (Wildman–Crippen LogP) is 2.24. The van der Waals surface area contributed by atoms with Gasteiger partial charge in [-0.25, -0.2) is 0 Å². The van der Waals surface area contributed by atoms with Crippen molar-refractivity contribution in [2.75, 3.05) is 46.1 Å². The molecule has 0 amide bonds. The second kappa shape index (κ2) is 9.04. The Balaban J connectivity index is 2.30. The van der Waals surface area contributed by atoms with Crippen molar-refractivity contribution < 1.29 is 13.6 Å². The molecule has 108 valence electrons. The quantitative estimate of drug-likeness (QED) is 0.604. The van der Waals surface area contributed by atoms with E-state index in [1.807, 2.05) is 0 Å². The first kappa shape index (κ1) is 16.1. The lowest BCUT2D eigenvalue weighted by Gasteiger charge is -2.31. The van der Waals surface area contributed by atoms with Crippen LogP contribution in [0, 0.1) is 0 Å². The second-order valence-electron chi connectivity index (χ2n) is 4.69. The van der Waals surface area contributed by atoms with Gasteiger partial charge in [0.05, 0.1) is 13.2 Å². The highest BCUT2D eigenvalue weighted by molar-refractivity contribution is 6.67. The highest BCUT2D eigenvalue weighted by Crippen LogP contribution is 2.21. The fraction of sp³-hybridized carbons (Fsp3) is 1.00. The summed E-state index contributed by atoms with van der Waals surface area (Å²) in [7, 11) is -1.91. The number of nitrogens with zero attached hydrogens (tertiary/aromatic N) is 1. The SMILES string of the molecule is CCO[Si](CC)(CCCN1CCOCC1)OCC. The van der Waals surface area contributed by atoms with Crippen molar-refractivity contribution in [1.82, 2.24) is 4.90 Å². The van der Waals surface area contributed by atoms with Crippen molar-refractivity contribution in [2.45, 2.75) is 39.3 Å². The smallest absolute Gasteiger partial charge is 0.337 e. The van der Waals surface area contributed by atoms with Crippen LogP contribution < -0.4 is 0 Å². The van der Waals surface area contributed by atoms with Gasteiger partial charge in [-0.05, 0) is 38.9 Å². The Morgan fingerprint density at radius 1 is 1.06 bits per heavy atom. The van der Waals surface area contributed by atoms with Gasteiger partial charge >= 0.3 is 8.56 Å². The molecule has 0 aromatic heterocycles. The van der Waals surface area contributed by atoms with Crippen LogP contribution in [0.4, 0.5) is 0 Å². The molecule has 1 aliphatic heterocycles. The van der Waals surface area contributed by atoms with Crippen molar-refractivity contribution in [2.24, 2.45) is 0 Å². The molecule has 0 radical (unpaired) electrons. The van der Waals surface area contributed by atoms with Crippen LogP contribution in [0.2, 0.25) is 12.1 Å². The van der Waals surface area contributed by atoms with Gasteiger partial charge < -0.3 is 13.6 Å². The number of morpholine rings is 1. The van der Waals surface area contributed by atoms with E-state index >= 15 is 0 Å². The van der Waals surface area contributed by atoms with Gasteiger partial charge in [0.25, 0.3) is 0 Å². The van der Waals surface area contributed by atoms with Gasteiger partial charge in [0.2, 0.25) is 0 Å². The third-order valence-electron chi connectivity index (χ3n) is 3.49. The van der Waals surface area contributed by atoms with E-state index < -0.39 is 8.56 Å². The molecule has 0 unspecified atom stereocenters. The van der Waals surface area contributed by atoms with Gasteiger partial charge in [0.15, 0.2) is 0 Å². The first-order valence-electron chi connectivity index (χ1n) is 7.34. The molecule has 1 heterocycles. The van der Waals surface area contributed by atoms with E-state index in [4.69, 9.17) is 13.6 Å². The minimum atomic E-state index is -1.91. The van der Waals surface area contributed by atoms with Crippen LogP contribution >= 0.6 is 0 Å². The Morgan fingerprint density at radius 2 is 1.67 bits per heavy atom. The van der Waals surface area contributed by atoms with Crippen LogP contribution in [-0.4, -0.2) is 59.5 Å². The van der Waals surface area contributed by atoms with E-state index in [2.05, 4.69) is 25.7 Å². The van der Waals surface area contributed by atoms with Crippen LogP contribution in [0.15, 0.2) is 0 Å². The molecular weight excluding hydrogens is 246 g/mol. The van der Waals surface area contributed by atoms with Crippen LogP contribution in [0.1, 0.15) is 27.2 Å². The maximum absolute atomic E-state index is 5.98. The van der Waals surface area contributed by atoms with Crippen molar-refractivity contribution in [3.05, 3.63) is 0 Å². The highest BCUT2D eigenvalue weighted by atomic mass is 28.4. The average molecular weight is 275 g/mol. The second-order valence-corrected chi connectivity index (χ2v) is 8.29. The molecule has 0 saturated carbocycles. The Kier molecular flexibility index (Phi) is 8.09. The zero-order valence-corrected chi connectivity index (χ0v) is 13.2. The molecule has 0 aliphatic carbocycles. The maximum atomic E-state index is 5.98. The third kappa shape index (κ3) is 5.36. The molecule has 0 N–H and O–H groups in total. The summed E-state index contributed by atoms with van der Waals surface area (Å²) in [5, 5.41) is 0. The monoisotopic (exact) mass is 275 g/mol. The van der Waals surface area contributed by atoms with Crippen molar-refractivity contribution in [1.29, 1.82) is 0 Å². The van der Waals surface area contributed by atoms with Crippen LogP contribution in [0.3, 0.4) is 0 Å². The molecule has 18 heavy (non-hydrogen) atoms. The maximum Gasteiger partial charge on any atom is 0.337 e. The summed E-state index contributed by atoms with van der Waals surface area (Å²) in [5.74, 6) is 0. The minimum Gasteiger partial charge on any atom is -0.394 e. The van der Waals surface area contributed by atoms with Crippen molar-refractivity contribution >= 4 is 8.56 Å². The number of ether oxygens (including phenoxy) is 1. The van der Waals surface area contributed by atoms with E-state index in [9.17, 15) is 0 Å². The summed E-state index contributed by atoms with van der Waals surface area (Å²) in [6, 6.07) is 2.17. The van der Waals surface area contributed by atoms with Crippen LogP contribution in [-0.2, 0) is 13.6 Å². The lowest BCUT2D eigenvalue weighted by Crippen LogP contribution is -2.43. The lowest BCUT2D eigenvalue weighted by molar-refractivity contribution is 0.0375. The van der Waals surface area contributed by atoms with Gasteiger partial charge in [0.1, 0.15) is 0 Å². The Hall–Kier alpha value is 0.0569. The number of rotatable bonds is 9. The molecule has 0 atom stereocenters. The molecule has 0 bridgehead atoms. The average Bonchev–Trinajstić information content (AvgIpc) is 2.40. The Labute approximate surface area is 113 Å². The first-order valence-corrected chi connectivity index (χ1v) is 9.57. The van der Waals surface area contributed by atoms with E-state index in [1.54, 1.807) is 0 Å². The molecule has 1 saturated heterocycles. The zero-order valence-electron chi connectivity index (χ0n) is 12.2. The highest BCUT2D eigenvalue weighted by Gasteiger charge is 2.34. The number of hydrogen-bond donors (Lipinski definition) is 0. The molecule has 1 rings (SSSR count). The van der Waals surface area contributed by atoms with Crippen LogP contribution in [0.25, 0.3) is 0 Å². The van der Waals surface area contributed by atoms with Gasteiger partial charge in [-0.2, -0.15) is 0 Å². The molecule has 0 spiro atoms. The lowest BCUT2D eigenvalue weighted by atomic mass is 10.3. The van der Waals surface area contributed by atoms with Gasteiger partial charge in [-0.1, -0.05) is 6.92 Å². The largest absolute Gasteiger partial charge is 0.394 e. The molecule has 4 nitrogen and oxygen atoms in total. The zero-order chi connectivity index (χ0) is 13.3. The third-order valence-corrected chi connectivity index (χ3v) is 7.31. The van der Waals surface area contributed by atoms with Crippen molar-refractivity contribution in [3.63, 3.8) is 0 Å². The molecule has 1 aliphatic rings. The molecule has 0 aromatic rings. The summed E-state index contributed by atoms with van der Waals surface area (Å²) in [6.45, 7) is 12.9. The van der Waals surface area contributed by atoms with E-state index in [1.165, 1.54) is 6.42 Å². The number of hydrogen-bond acceptors (Lipinski definition) is 4. The standard InChI is InChI=1S/C13H29NO3Si/c1-4-16-18(6-3,17-5-2)13-7-8-14-9-11-15-12-10-14/h4-13H2,1-3H3. The van der Waals surface area contributed by atoms with Gasteiger partial charge in [-0.15, -0.1) is 0 Å². The fourth-order valence-electron chi connectivity index (χ4n) is 2.49. The van der Waals surface area contributed by atoms with E-state index in [0.29, 0.717) is 0 Å². The van der Waals surface area contributed by atoms with E-state index in [0.717, 1.165) is 58.1 Å². The first-order chi connectivity index (χ1) is 8.76. The molecule has 0 aromatic carbocycles. The predicted molar refractivity (Wildman–Crippen MR) is 76.2 cm³/mol. The summed E-state index contributed by atoms with van der Waals surface area (Å²) >= 11 is 0. The van der Waals surface area contributed by atoms with Crippen LogP contribution in [0.5, 0.6) is 0 Å². The van der Waals surface area contributed by atoms with Gasteiger partial charge in [-0.3, -0.25) is 4.90 Å². The summed E-state index contributed by atoms with van der Waals surface area (Å²) in [6.07, 6.45) is 1.18. The Morgan fingerprint density at radius 3 is 2.17 bits per heavy atom. The van der Waals surface area contributed by atoms with E-state index in [-0.39, 0.29) is 0 Å². The summed E-state index contributed by atoms with van der Waals surface area (Å²) in [5.41, 5.74) is 0. The minimum absolute atomic E-state index is 0.775. The normalized spacial score (nSPS) is 18.2. The molecule has 5 heteroatoms. The molecule has 1 fully saturated rings. The van der Waals surface area contributed by atoms with Gasteiger partial charge in [0, 0.05) is 26.3 Å². The topological polar surface area (TPSA) is 30.9 Å². The fourth-order valence-corrected chi connectivity index (χ4v) is 5.37. The Bertz CT molecular complexity index is 204. The van der Waals surface area contributed by atoms with Crippen molar-refractivity contribution in [3.8, 4) is 0 Å².